The Morgan fingerprint density at radius 3 is 2.71 bits per heavy atom. The van der Waals surface area contributed by atoms with E-state index in [0.717, 1.165) is 36.3 Å². The number of rotatable bonds is 3. The van der Waals surface area contributed by atoms with Gasteiger partial charge in [0.2, 0.25) is 0 Å². The van der Waals surface area contributed by atoms with E-state index >= 15 is 0 Å². The van der Waals surface area contributed by atoms with Gasteiger partial charge >= 0.3 is 0 Å². The van der Waals surface area contributed by atoms with Gasteiger partial charge < -0.3 is 5.11 Å². The maximum Gasteiger partial charge on any atom is 0.0653 e. The fraction of sp³-hybridized carbons (Fsp3) is 0.500. The smallest absolute Gasteiger partial charge is 0.0653 e. The van der Waals surface area contributed by atoms with Gasteiger partial charge in [-0.25, -0.2) is 0 Å². The molecule has 0 radical (unpaired) electrons. The van der Waals surface area contributed by atoms with Crippen molar-refractivity contribution in [1.82, 2.24) is 0 Å². The standard InChI is InChI=1S/C12H15ClO/c1-9-2-3-10(11(13)8-9)4-5-12(14)6-7-12/h2-3,8,14H,4-7H2,1H3. The number of hydrogen-bond acceptors (Lipinski definition) is 1. The van der Waals surface area contributed by atoms with Crippen LogP contribution in [0.4, 0.5) is 0 Å². The molecule has 1 aliphatic rings. The third-order valence-electron chi connectivity index (χ3n) is 2.90. The van der Waals surface area contributed by atoms with Gasteiger partial charge in [0.15, 0.2) is 0 Å². The molecule has 1 saturated carbocycles. The number of aliphatic hydroxyl groups is 1. The van der Waals surface area contributed by atoms with Crippen LogP contribution in [0, 0.1) is 6.92 Å². The van der Waals surface area contributed by atoms with E-state index < -0.39 is 0 Å². The largest absolute Gasteiger partial charge is 0.390 e. The van der Waals surface area contributed by atoms with E-state index in [1.54, 1.807) is 0 Å². The van der Waals surface area contributed by atoms with Crippen LogP contribution >= 0.6 is 11.6 Å². The molecule has 0 aromatic heterocycles. The van der Waals surface area contributed by atoms with Crippen LogP contribution in [0.2, 0.25) is 5.02 Å². The lowest BCUT2D eigenvalue weighted by Gasteiger charge is -2.08. The van der Waals surface area contributed by atoms with E-state index in [4.69, 9.17) is 11.6 Å². The summed E-state index contributed by atoms with van der Waals surface area (Å²) in [5, 5.41) is 10.5. The first kappa shape index (κ1) is 10.0. The molecule has 1 aromatic carbocycles. The lowest BCUT2D eigenvalue weighted by Crippen LogP contribution is -2.07. The Bertz CT molecular complexity index is 342. The van der Waals surface area contributed by atoms with Crippen molar-refractivity contribution < 1.29 is 5.11 Å². The van der Waals surface area contributed by atoms with Crippen molar-refractivity contribution in [2.75, 3.05) is 0 Å². The summed E-state index contributed by atoms with van der Waals surface area (Å²) < 4.78 is 0. The van der Waals surface area contributed by atoms with Crippen LogP contribution in [0.1, 0.15) is 30.4 Å². The van der Waals surface area contributed by atoms with Crippen molar-refractivity contribution in [3.05, 3.63) is 34.3 Å². The van der Waals surface area contributed by atoms with Gasteiger partial charge in [0.25, 0.3) is 0 Å². The summed E-state index contributed by atoms with van der Waals surface area (Å²) in [7, 11) is 0. The molecular formula is C12H15ClO. The number of aryl methyl sites for hydroxylation is 2. The highest BCUT2D eigenvalue weighted by molar-refractivity contribution is 6.31. The van der Waals surface area contributed by atoms with Gasteiger partial charge in [0, 0.05) is 5.02 Å². The summed E-state index contributed by atoms with van der Waals surface area (Å²) in [5.74, 6) is 0. The first-order valence-corrected chi connectivity index (χ1v) is 5.44. The second kappa shape index (κ2) is 3.56. The summed E-state index contributed by atoms with van der Waals surface area (Å²) in [6.45, 7) is 2.03. The van der Waals surface area contributed by atoms with Crippen LogP contribution in [0.5, 0.6) is 0 Å². The molecule has 2 rings (SSSR count). The van der Waals surface area contributed by atoms with Gasteiger partial charge in [-0.2, -0.15) is 0 Å². The average molecular weight is 211 g/mol. The Morgan fingerprint density at radius 2 is 2.14 bits per heavy atom. The topological polar surface area (TPSA) is 20.2 Å². The lowest BCUT2D eigenvalue weighted by atomic mass is 10.0. The second-order valence-corrected chi connectivity index (χ2v) is 4.73. The molecule has 1 aromatic rings. The average Bonchev–Trinajstić information content (AvgIpc) is 2.83. The van der Waals surface area contributed by atoms with E-state index in [1.807, 2.05) is 13.0 Å². The van der Waals surface area contributed by atoms with E-state index in [-0.39, 0.29) is 5.60 Å². The Morgan fingerprint density at radius 1 is 1.43 bits per heavy atom. The van der Waals surface area contributed by atoms with Gasteiger partial charge in [-0.3, -0.25) is 0 Å². The fourth-order valence-corrected chi connectivity index (χ4v) is 1.95. The van der Waals surface area contributed by atoms with Gasteiger partial charge in [0.1, 0.15) is 0 Å². The van der Waals surface area contributed by atoms with E-state index in [9.17, 15) is 5.11 Å². The highest BCUT2D eigenvalue weighted by atomic mass is 35.5. The first-order chi connectivity index (χ1) is 6.59. The molecule has 0 atom stereocenters. The monoisotopic (exact) mass is 210 g/mol. The molecule has 0 heterocycles. The Hall–Kier alpha value is -0.530. The summed E-state index contributed by atoms with van der Waals surface area (Å²) in [5.41, 5.74) is 1.97. The van der Waals surface area contributed by atoms with Crippen molar-refractivity contribution in [1.29, 1.82) is 0 Å². The molecule has 0 saturated heterocycles. The molecule has 1 aliphatic carbocycles. The van der Waals surface area contributed by atoms with Crippen LogP contribution in [0.25, 0.3) is 0 Å². The summed E-state index contributed by atoms with van der Waals surface area (Å²) >= 11 is 6.10. The van der Waals surface area contributed by atoms with E-state index in [0.29, 0.717) is 0 Å². The molecule has 0 amide bonds. The molecule has 0 bridgehead atoms. The number of benzene rings is 1. The highest BCUT2D eigenvalue weighted by Crippen LogP contribution is 2.39. The van der Waals surface area contributed by atoms with Crippen LogP contribution in [-0.4, -0.2) is 10.7 Å². The molecular weight excluding hydrogens is 196 g/mol. The summed E-state index contributed by atoms with van der Waals surface area (Å²) in [6, 6.07) is 6.11. The SMILES string of the molecule is Cc1ccc(CCC2(O)CC2)c(Cl)c1. The fourth-order valence-electron chi connectivity index (χ4n) is 1.62. The first-order valence-electron chi connectivity index (χ1n) is 5.06. The summed E-state index contributed by atoms with van der Waals surface area (Å²) in [4.78, 5) is 0. The van der Waals surface area contributed by atoms with E-state index in [2.05, 4.69) is 12.1 Å². The Kier molecular flexibility index (Phi) is 2.54. The van der Waals surface area contributed by atoms with Gasteiger partial charge in [-0.15, -0.1) is 0 Å². The number of hydrogen-bond donors (Lipinski definition) is 1. The van der Waals surface area contributed by atoms with Crippen molar-refractivity contribution in [2.45, 2.75) is 38.2 Å². The zero-order valence-electron chi connectivity index (χ0n) is 8.39. The molecule has 1 N–H and O–H groups in total. The molecule has 0 unspecified atom stereocenters. The minimum Gasteiger partial charge on any atom is -0.390 e. The van der Waals surface area contributed by atoms with Crippen molar-refractivity contribution in [3.63, 3.8) is 0 Å². The van der Waals surface area contributed by atoms with Crippen molar-refractivity contribution in [3.8, 4) is 0 Å². The van der Waals surface area contributed by atoms with Crippen LogP contribution in [-0.2, 0) is 6.42 Å². The predicted molar refractivity (Wildman–Crippen MR) is 58.7 cm³/mol. The lowest BCUT2D eigenvalue weighted by molar-refractivity contribution is 0.140. The van der Waals surface area contributed by atoms with Crippen molar-refractivity contribution in [2.24, 2.45) is 0 Å². The normalized spacial score (nSPS) is 18.2. The summed E-state index contributed by atoms with van der Waals surface area (Å²) in [6.07, 6.45) is 3.64. The van der Waals surface area contributed by atoms with Crippen molar-refractivity contribution >= 4 is 11.6 Å². The second-order valence-electron chi connectivity index (χ2n) is 4.32. The van der Waals surface area contributed by atoms with Crippen LogP contribution in [0.3, 0.4) is 0 Å². The third-order valence-corrected chi connectivity index (χ3v) is 3.25. The van der Waals surface area contributed by atoms with Crippen LogP contribution < -0.4 is 0 Å². The molecule has 14 heavy (non-hydrogen) atoms. The maximum atomic E-state index is 9.69. The van der Waals surface area contributed by atoms with Gasteiger partial charge in [-0.05, 0) is 49.8 Å². The Labute approximate surface area is 89.7 Å². The molecule has 2 heteroatoms. The number of halogens is 1. The quantitative estimate of drug-likeness (QED) is 0.813. The molecule has 0 aliphatic heterocycles. The molecule has 1 nitrogen and oxygen atoms in total. The molecule has 1 fully saturated rings. The zero-order chi connectivity index (χ0) is 10.2. The zero-order valence-corrected chi connectivity index (χ0v) is 9.14. The Balaban J connectivity index is 2.02. The minimum absolute atomic E-state index is 0.367. The third kappa shape index (κ3) is 2.28. The molecule has 0 spiro atoms. The van der Waals surface area contributed by atoms with E-state index in [1.165, 1.54) is 5.56 Å². The maximum absolute atomic E-state index is 9.69. The highest BCUT2D eigenvalue weighted by Gasteiger charge is 2.39. The predicted octanol–water partition coefficient (Wildman–Crippen LogP) is 3.11. The minimum atomic E-state index is -0.367. The molecule has 76 valence electrons. The van der Waals surface area contributed by atoms with Gasteiger partial charge in [-0.1, -0.05) is 23.7 Å². The van der Waals surface area contributed by atoms with Crippen LogP contribution in [0.15, 0.2) is 18.2 Å². The van der Waals surface area contributed by atoms with Gasteiger partial charge in [0.05, 0.1) is 5.60 Å².